The number of rotatable bonds is 1. The molecule has 0 aliphatic carbocycles. The number of hydrogen-bond acceptors (Lipinski definition) is 5. The Bertz CT molecular complexity index is 613. The maximum Gasteiger partial charge on any atom is 0.275 e. The van der Waals surface area contributed by atoms with Gasteiger partial charge in [0, 0.05) is 37.2 Å². The van der Waals surface area contributed by atoms with Gasteiger partial charge in [-0.15, -0.1) is 5.10 Å². The average Bonchev–Trinajstić information content (AvgIpc) is 2.94. The Morgan fingerprint density at radius 3 is 2.95 bits per heavy atom. The minimum Gasteiger partial charge on any atom is -0.372 e. The minimum absolute atomic E-state index is 0.0450. The molecule has 1 aromatic carbocycles. The van der Waals surface area contributed by atoms with E-state index < -0.39 is 0 Å². The van der Waals surface area contributed by atoms with E-state index in [1.807, 2.05) is 17.0 Å². The Morgan fingerprint density at radius 2 is 2.20 bits per heavy atom. The van der Waals surface area contributed by atoms with E-state index in [0.29, 0.717) is 12.2 Å². The topological polar surface area (TPSA) is 49.3 Å². The number of likely N-dealkylation sites (N-methyl/N-ethyl adjacent to an activating group) is 1. The highest BCUT2D eigenvalue weighted by molar-refractivity contribution is 7.03. The van der Waals surface area contributed by atoms with Crippen LogP contribution in [0.1, 0.15) is 23.0 Å². The number of hydrogen-bond donors (Lipinski definition) is 0. The lowest BCUT2D eigenvalue weighted by molar-refractivity contribution is 0.0681. The fourth-order valence-corrected chi connectivity index (χ4v) is 3.06. The zero-order chi connectivity index (χ0) is 14.1. The SMILES string of the molecule is CC1CN(C)c2ccccc2CN1C(=O)c1csnn1. The van der Waals surface area contributed by atoms with Crippen molar-refractivity contribution in [2.75, 3.05) is 18.5 Å². The first-order chi connectivity index (χ1) is 9.66. The van der Waals surface area contributed by atoms with Gasteiger partial charge in [-0.2, -0.15) is 0 Å². The van der Waals surface area contributed by atoms with E-state index in [1.54, 1.807) is 5.38 Å². The van der Waals surface area contributed by atoms with Crippen LogP contribution in [0.25, 0.3) is 0 Å². The molecule has 0 saturated carbocycles. The minimum atomic E-state index is -0.0450. The van der Waals surface area contributed by atoms with Crippen molar-refractivity contribution in [2.24, 2.45) is 0 Å². The number of nitrogens with zero attached hydrogens (tertiary/aromatic N) is 4. The summed E-state index contributed by atoms with van der Waals surface area (Å²) in [4.78, 5) is 16.6. The van der Waals surface area contributed by atoms with Gasteiger partial charge in [0.15, 0.2) is 5.69 Å². The van der Waals surface area contributed by atoms with Crippen LogP contribution < -0.4 is 4.90 Å². The van der Waals surface area contributed by atoms with Gasteiger partial charge in [0.1, 0.15) is 0 Å². The Morgan fingerprint density at radius 1 is 1.40 bits per heavy atom. The molecule has 0 fully saturated rings. The number of para-hydroxylation sites is 1. The molecule has 1 aliphatic heterocycles. The molecule has 1 unspecified atom stereocenters. The van der Waals surface area contributed by atoms with E-state index in [2.05, 4.69) is 40.6 Å². The second kappa shape index (κ2) is 5.20. The first-order valence-corrected chi connectivity index (χ1v) is 7.37. The van der Waals surface area contributed by atoms with Gasteiger partial charge >= 0.3 is 0 Å². The molecule has 2 aromatic rings. The van der Waals surface area contributed by atoms with Gasteiger partial charge in [-0.1, -0.05) is 22.7 Å². The van der Waals surface area contributed by atoms with Crippen LogP contribution in [-0.2, 0) is 6.54 Å². The van der Waals surface area contributed by atoms with Crippen molar-refractivity contribution in [3.63, 3.8) is 0 Å². The molecule has 1 atom stereocenters. The smallest absolute Gasteiger partial charge is 0.275 e. The van der Waals surface area contributed by atoms with Gasteiger partial charge in [0.25, 0.3) is 5.91 Å². The lowest BCUT2D eigenvalue weighted by Crippen LogP contribution is -2.42. The van der Waals surface area contributed by atoms with Crippen molar-refractivity contribution in [3.05, 3.63) is 40.9 Å². The zero-order valence-electron chi connectivity index (χ0n) is 11.5. The summed E-state index contributed by atoms with van der Waals surface area (Å²) in [6.45, 7) is 3.48. The van der Waals surface area contributed by atoms with E-state index in [1.165, 1.54) is 17.2 Å². The third-order valence-electron chi connectivity index (χ3n) is 3.65. The fraction of sp³-hybridized carbons (Fsp3) is 0.357. The standard InChI is InChI=1S/C14H16N4OS/c1-10-7-17(2)13-6-4-3-5-11(13)8-18(10)14(19)12-9-20-16-15-12/h3-6,9-10H,7-8H2,1-2H3. The van der Waals surface area contributed by atoms with Gasteiger partial charge in [-0.25, -0.2) is 0 Å². The van der Waals surface area contributed by atoms with Crippen LogP contribution in [0, 0.1) is 0 Å². The van der Waals surface area contributed by atoms with E-state index in [0.717, 1.165) is 12.1 Å². The van der Waals surface area contributed by atoms with Crippen LogP contribution >= 0.6 is 11.5 Å². The number of amides is 1. The molecule has 2 heterocycles. The molecule has 0 saturated heterocycles. The first-order valence-electron chi connectivity index (χ1n) is 6.54. The van der Waals surface area contributed by atoms with Gasteiger partial charge in [0.2, 0.25) is 0 Å². The van der Waals surface area contributed by atoms with E-state index in [4.69, 9.17) is 0 Å². The number of fused-ring (bicyclic) bond motifs is 1. The molecule has 20 heavy (non-hydrogen) atoms. The number of aromatic nitrogens is 2. The fourth-order valence-electron chi connectivity index (χ4n) is 2.63. The summed E-state index contributed by atoms with van der Waals surface area (Å²) < 4.78 is 3.78. The molecule has 1 amide bonds. The zero-order valence-corrected chi connectivity index (χ0v) is 12.3. The summed E-state index contributed by atoms with van der Waals surface area (Å²) in [7, 11) is 2.06. The second-order valence-electron chi connectivity index (χ2n) is 5.08. The van der Waals surface area contributed by atoms with Gasteiger partial charge in [-0.3, -0.25) is 4.79 Å². The third-order valence-corrected chi connectivity index (χ3v) is 4.16. The summed E-state index contributed by atoms with van der Waals surface area (Å²) in [6.07, 6.45) is 0. The lowest BCUT2D eigenvalue weighted by atomic mass is 10.1. The van der Waals surface area contributed by atoms with E-state index in [-0.39, 0.29) is 11.9 Å². The van der Waals surface area contributed by atoms with E-state index in [9.17, 15) is 4.79 Å². The molecule has 1 aliphatic rings. The maximum absolute atomic E-state index is 12.6. The highest BCUT2D eigenvalue weighted by Gasteiger charge is 2.28. The summed E-state index contributed by atoms with van der Waals surface area (Å²) >= 11 is 1.21. The monoisotopic (exact) mass is 288 g/mol. The molecule has 0 spiro atoms. The van der Waals surface area contributed by atoms with Crippen molar-refractivity contribution in [1.29, 1.82) is 0 Å². The maximum atomic E-state index is 12.6. The first kappa shape index (κ1) is 13.1. The Balaban J connectivity index is 1.95. The molecule has 0 radical (unpaired) electrons. The lowest BCUT2D eigenvalue weighted by Gasteiger charge is -2.27. The van der Waals surface area contributed by atoms with Crippen LogP contribution in [0.4, 0.5) is 5.69 Å². The Kier molecular flexibility index (Phi) is 3.40. The number of benzene rings is 1. The Labute approximate surface area is 122 Å². The predicted octanol–water partition coefficient (Wildman–Crippen LogP) is 2.02. The number of carbonyl (C=O) groups is 1. The molecule has 1 aromatic heterocycles. The van der Waals surface area contributed by atoms with Crippen LogP contribution in [0.5, 0.6) is 0 Å². The third kappa shape index (κ3) is 2.27. The molecule has 3 rings (SSSR count). The highest BCUT2D eigenvalue weighted by atomic mass is 32.1. The molecule has 6 heteroatoms. The Hall–Kier alpha value is -1.95. The largest absolute Gasteiger partial charge is 0.372 e. The normalized spacial score (nSPS) is 18.6. The highest BCUT2D eigenvalue weighted by Crippen LogP contribution is 2.26. The predicted molar refractivity (Wildman–Crippen MR) is 79.0 cm³/mol. The van der Waals surface area contributed by atoms with Crippen molar-refractivity contribution < 1.29 is 4.79 Å². The molecule has 0 N–H and O–H groups in total. The van der Waals surface area contributed by atoms with Crippen molar-refractivity contribution >= 4 is 23.1 Å². The van der Waals surface area contributed by atoms with Gasteiger partial charge in [0.05, 0.1) is 0 Å². The molecular weight excluding hydrogens is 272 g/mol. The number of carbonyl (C=O) groups excluding carboxylic acids is 1. The second-order valence-corrected chi connectivity index (χ2v) is 5.69. The summed E-state index contributed by atoms with van der Waals surface area (Å²) in [5, 5.41) is 5.60. The number of anilines is 1. The summed E-state index contributed by atoms with van der Waals surface area (Å²) in [5.41, 5.74) is 2.78. The molecule has 5 nitrogen and oxygen atoms in total. The molecule has 104 valence electrons. The summed E-state index contributed by atoms with van der Waals surface area (Å²) in [5.74, 6) is -0.0450. The average molecular weight is 288 g/mol. The van der Waals surface area contributed by atoms with Crippen molar-refractivity contribution in [3.8, 4) is 0 Å². The quantitative estimate of drug-likeness (QED) is 0.805. The van der Waals surface area contributed by atoms with E-state index >= 15 is 0 Å². The van der Waals surface area contributed by atoms with Gasteiger partial charge < -0.3 is 9.80 Å². The molecule has 0 bridgehead atoms. The van der Waals surface area contributed by atoms with Crippen LogP contribution in [0.2, 0.25) is 0 Å². The van der Waals surface area contributed by atoms with Crippen molar-refractivity contribution in [2.45, 2.75) is 19.5 Å². The van der Waals surface area contributed by atoms with Crippen LogP contribution in [0.3, 0.4) is 0 Å². The molecular formula is C14H16N4OS. The van der Waals surface area contributed by atoms with Gasteiger partial charge in [-0.05, 0) is 30.1 Å². The van der Waals surface area contributed by atoms with Crippen LogP contribution in [0.15, 0.2) is 29.6 Å². The summed E-state index contributed by atoms with van der Waals surface area (Å²) in [6, 6.07) is 8.34. The van der Waals surface area contributed by atoms with Crippen LogP contribution in [-0.4, -0.2) is 40.0 Å². The van der Waals surface area contributed by atoms with Crippen molar-refractivity contribution in [1.82, 2.24) is 14.5 Å².